The molecule has 4 aliphatic carbocycles. The summed E-state index contributed by atoms with van der Waals surface area (Å²) in [5.74, 6) is 5.31. The molecule has 0 radical (unpaired) electrons. The quantitative estimate of drug-likeness (QED) is 0.330. The van der Waals surface area contributed by atoms with E-state index in [1.807, 2.05) is 30.3 Å². The molecule has 1 N–H and O–H groups in total. The molecule has 6 rings (SSSR count). The van der Waals surface area contributed by atoms with Crippen LogP contribution in [0.3, 0.4) is 0 Å². The van der Waals surface area contributed by atoms with Gasteiger partial charge in [0.25, 0.3) is 0 Å². The summed E-state index contributed by atoms with van der Waals surface area (Å²) in [5, 5.41) is 5.21. The highest BCUT2D eigenvalue weighted by Gasteiger charge is 2.59. The number of carbonyl (C=O) groups is 1. The largest absolute Gasteiger partial charge is 0.446 e. The van der Waals surface area contributed by atoms with Gasteiger partial charge in [0, 0.05) is 11.8 Å². The second-order valence-corrected chi connectivity index (χ2v) is 15.5. The molecule has 1 amide bonds. The minimum Gasteiger partial charge on any atom is -0.446 e. The van der Waals surface area contributed by atoms with Gasteiger partial charge in [-0.1, -0.05) is 102 Å². The first-order chi connectivity index (χ1) is 20.6. The van der Waals surface area contributed by atoms with E-state index in [4.69, 9.17) is 4.74 Å². The minimum atomic E-state index is -0.327. The molecule has 3 fully saturated rings. The van der Waals surface area contributed by atoms with Gasteiger partial charge in [0.15, 0.2) is 0 Å². The Morgan fingerprint density at radius 1 is 0.977 bits per heavy atom. The first-order valence-electron chi connectivity index (χ1n) is 17.5. The first kappa shape index (κ1) is 30.5. The third kappa shape index (κ3) is 5.59. The molecule has 232 valence electrons. The van der Waals surface area contributed by atoms with Crippen molar-refractivity contribution in [1.82, 2.24) is 0 Å². The Morgan fingerprint density at radius 2 is 1.77 bits per heavy atom. The predicted octanol–water partition coefficient (Wildman–Crippen LogP) is 11.2. The maximum absolute atomic E-state index is 13.0. The van der Waals surface area contributed by atoms with E-state index in [1.165, 1.54) is 38.5 Å². The highest BCUT2D eigenvalue weighted by molar-refractivity contribution is 6.00. The van der Waals surface area contributed by atoms with E-state index in [2.05, 4.69) is 77.2 Å². The van der Waals surface area contributed by atoms with Crippen LogP contribution in [0.5, 0.6) is 0 Å². The molecule has 2 aromatic carbocycles. The third-order valence-corrected chi connectivity index (χ3v) is 13.1. The summed E-state index contributed by atoms with van der Waals surface area (Å²) in [6.45, 7) is 14.8. The van der Waals surface area contributed by atoms with Gasteiger partial charge in [-0.25, -0.2) is 4.79 Å². The molecular weight excluding hydrogens is 526 g/mol. The summed E-state index contributed by atoms with van der Waals surface area (Å²) in [5.41, 5.74) is 3.10. The van der Waals surface area contributed by atoms with Crippen LogP contribution >= 0.6 is 0 Å². The molecule has 0 aromatic heterocycles. The molecule has 0 unspecified atom stereocenters. The zero-order valence-electron chi connectivity index (χ0n) is 27.6. The monoisotopic (exact) mass is 581 g/mol. The fourth-order valence-electron chi connectivity index (χ4n) is 10.5. The fraction of sp³-hybridized carbons (Fsp3) is 0.625. The Balaban J connectivity index is 1.11. The molecule has 3 nitrogen and oxygen atoms in total. The van der Waals surface area contributed by atoms with Crippen molar-refractivity contribution in [3.8, 4) is 0 Å². The minimum absolute atomic E-state index is 0.0407. The Hall–Kier alpha value is -2.55. The van der Waals surface area contributed by atoms with Crippen molar-refractivity contribution in [2.24, 2.45) is 52.3 Å². The summed E-state index contributed by atoms with van der Waals surface area (Å²) in [4.78, 5) is 13.0. The second kappa shape index (κ2) is 12.1. The number of allylic oxidation sites excluding steroid dienone is 3. The van der Waals surface area contributed by atoms with Gasteiger partial charge in [0.2, 0.25) is 0 Å². The standard InChI is InChI=1S/C40H55NO2/c1-7-28(26(2)3)16-15-27(4)34-19-20-35-33-18-17-30-25-31(21-23-39(30,5)36(33)22-24-40(34,35)6)43-38(42)41-37-14-10-12-29-11-8-9-13-32(29)37/h8-17,26-28,31,33-36H,7,18-25H2,1-6H3,(H,41,42)/b16-15-/t27-,28-,31+,33+,34-,35+,36+,39+,40-/m1/s1. The van der Waals surface area contributed by atoms with E-state index in [0.717, 1.165) is 65.3 Å². The molecule has 43 heavy (non-hydrogen) atoms. The van der Waals surface area contributed by atoms with Crippen LogP contribution in [0.15, 0.2) is 66.3 Å². The van der Waals surface area contributed by atoms with Crippen molar-refractivity contribution in [3.05, 3.63) is 66.3 Å². The smallest absolute Gasteiger partial charge is 0.411 e. The van der Waals surface area contributed by atoms with Crippen LogP contribution in [0.2, 0.25) is 0 Å². The number of anilines is 1. The molecule has 0 heterocycles. The van der Waals surface area contributed by atoms with Gasteiger partial charge in [-0.2, -0.15) is 0 Å². The van der Waals surface area contributed by atoms with Crippen molar-refractivity contribution < 1.29 is 9.53 Å². The van der Waals surface area contributed by atoms with Crippen molar-refractivity contribution in [2.45, 2.75) is 105 Å². The van der Waals surface area contributed by atoms with Gasteiger partial charge in [0.05, 0.1) is 5.69 Å². The number of hydrogen-bond donors (Lipinski definition) is 1. The lowest BCUT2D eigenvalue weighted by Crippen LogP contribution is -2.51. The summed E-state index contributed by atoms with van der Waals surface area (Å²) in [6, 6.07) is 14.2. The van der Waals surface area contributed by atoms with Crippen LogP contribution in [0.25, 0.3) is 10.8 Å². The topological polar surface area (TPSA) is 38.3 Å². The fourth-order valence-corrected chi connectivity index (χ4v) is 10.5. The zero-order chi connectivity index (χ0) is 30.4. The maximum Gasteiger partial charge on any atom is 0.411 e. The highest BCUT2D eigenvalue weighted by Crippen LogP contribution is 2.67. The van der Waals surface area contributed by atoms with Gasteiger partial charge >= 0.3 is 6.09 Å². The first-order valence-corrected chi connectivity index (χ1v) is 17.5. The van der Waals surface area contributed by atoms with Gasteiger partial charge in [-0.3, -0.25) is 5.32 Å². The molecule has 3 saturated carbocycles. The maximum atomic E-state index is 13.0. The summed E-state index contributed by atoms with van der Waals surface area (Å²) in [6.07, 6.45) is 18.3. The number of hydrogen-bond acceptors (Lipinski definition) is 2. The third-order valence-electron chi connectivity index (χ3n) is 13.1. The lowest BCUT2D eigenvalue weighted by molar-refractivity contribution is -0.0545. The Labute approximate surface area is 260 Å². The van der Waals surface area contributed by atoms with E-state index < -0.39 is 0 Å². The molecule has 0 aliphatic heterocycles. The molecular formula is C40H55NO2. The number of rotatable bonds is 7. The van der Waals surface area contributed by atoms with Crippen molar-refractivity contribution >= 4 is 22.6 Å². The van der Waals surface area contributed by atoms with Crippen LogP contribution in [0.1, 0.15) is 99.3 Å². The van der Waals surface area contributed by atoms with Gasteiger partial charge in [-0.15, -0.1) is 0 Å². The highest BCUT2D eigenvalue weighted by atomic mass is 16.6. The number of fused-ring (bicyclic) bond motifs is 6. The summed E-state index contributed by atoms with van der Waals surface area (Å²) in [7, 11) is 0. The Bertz CT molecular complexity index is 1370. The molecule has 0 bridgehead atoms. The average molecular weight is 582 g/mol. The van der Waals surface area contributed by atoms with E-state index in [0.29, 0.717) is 17.3 Å². The van der Waals surface area contributed by atoms with Crippen LogP contribution in [-0.2, 0) is 4.74 Å². The van der Waals surface area contributed by atoms with E-state index >= 15 is 0 Å². The van der Waals surface area contributed by atoms with E-state index in [-0.39, 0.29) is 17.6 Å². The Kier molecular flexibility index (Phi) is 8.57. The molecule has 9 atom stereocenters. The number of benzene rings is 2. The number of amides is 1. The van der Waals surface area contributed by atoms with Gasteiger partial charge < -0.3 is 4.74 Å². The lowest BCUT2D eigenvalue weighted by Gasteiger charge is -2.58. The normalized spacial score (nSPS) is 35.1. The van der Waals surface area contributed by atoms with Gasteiger partial charge in [-0.05, 0) is 115 Å². The van der Waals surface area contributed by atoms with Crippen LogP contribution in [0, 0.1) is 52.3 Å². The summed E-state index contributed by atoms with van der Waals surface area (Å²) < 4.78 is 6.07. The summed E-state index contributed by atoms with van der Waals surface area (Å²) >= 11 is 0. The SMILES string of the molecule is CC[C@H](/C=C\[C@@H](C)[C@H]1CC[C@H]2[C@@H]3CC=C4C[C@@H](OC(=O)Nc5cccc6ccccc56)CC[C@]4(C)[C@H]3CC[C@]12C)C(C)C. The molecule has 2 aromatic rings. The van der Waals surface area contributed by atoms with E-state index in [1.54, 1.807) is 5.57 Å². The molecule has 4 aliphatic rings. The van der Waals surface area contributed by atoms with Crippen molar-refractivity contribution in [2.75, 3.05) is 5.32 Å². The van der Waals surface area contributed by atoms with Crippen LogP contribution < -0.4 is 5.32 Å². The zero-order valence-corrected chi connectivity index (χ0v) is 27.6. The van der Waals surface area contributed by atoms with Crippen molar-refractivity contribution in [1.29, 1.82) is 0 Å². The van der Waals surface area contributed by atoms with Crippen LogP contribution in [-0.4, -0.2) is 12.2 Å². The van der Waals surface area contributed by atoms with Crippen molar-refractivity contribution in [3.63, 3.8) is 0 Å². The number of carbonyl (C=O) groups excluding carboxylic acids is 1. The average Bonchev–Trinajstić information content (AvgIpc) is 3.35. The lowest BCUT2D eigenvalue weighted by atomic mass is 9.47. The van der Waals surface area contributed by atoms with Crippen LogP contribution in [0.4, 0.5) is 10.5 Å². The number of nitrogens with one attached hydrogen (secondary N) is 1. The Morgan fingerprint density at radius 3 is 2.56 bits per heavy atom. The number of ether oxygens (including phenoxy) is 1. The van der Waals surface area contributed by atoms with Gasteiger partial charge in [0.1, 0.15) is 6.10 Å². The van der Waals surface area contributed by atoms with E-state index in [9.17, 15) is 4.79 Å². The second-order valence-electron chi connectivity index (χ2n) is 15.5. The molecule has 0 saturated heterocycles. The predicted molar refractivity (Wildman–Crippen MR) is 180 cm³/mol. The molecule has 3 heteroatoms. The molecule has 0 spiro atoms.